The van der Waals surface area contributed by atoms with E-state index in [1.165, 1.54) is 24.2 Å². The fourth-order valence-corrected chi connectivity index (χ4v) is 4.84. The third-order valence-corrected chi connectivity index (χ3v) is 6.51. The number of nitrogens with one attached hydrogen (secondary N) is 2. The average molecular weight is 332 g/mol. The second-order valence-corrected chi connectivity index (χ2v) is 9.09. The van der Waals surface area contributed by atoms with Gasteiger partial charge in [0, 0.05) is 30.1 Å². The minimum absolute atomic E-state index is 0.105. The summed E-state index contributed by atoms with van der Waals surface area (Å²) in [5, 5.41) is 3.44. The van der Waals surface area contributed by atoms with E-state index in [4.69, 9.17) is 0 Å². The molecule has 0 radical (unpaired) electrons. The van der Waals surface area contributed by atoms with Crippen molar-refractivity contribution in [3.05, 3.63) is 17.0 Å². The van der Waals surface area contributed by atoms with Crippen LogP contribution >= 0.6 is 11.3 Å². The van der Waals surface area contributed by atoms with E-state index in [1.807, 2.05) is 32.0 Å². The fraction of sp³-hybridized carbons (Fsp3) is 0.714. The summed E-state index contributed by atoms with van der Waals surface area (Å²) in [4.78, 5) is 3.08. The van der Waals surface area contributed by atoms with Crippen LogP contribution in [0.3, 0.4) is 0 Å². The highest BCUT2D eigenvalue weighted by Crippen LogP contribution is 2.23. The molecule has 1 atom stereocenters. The smallest absolute Gasteiger partial charge is 0.250 e. The number of hydrogen-bond acceptors (Lipinski definition) is 5. The van der Waals surface area contributed by atoms with E-state index in [-0.39, 0.29) is 6.04 Å². The van der Waals surface area contributed by atoms with Gasteiger partial charge in [-0.05, 0) is 52.4 Å². The molecule has 1 fully saturated rings. The molecule has 1 heterocycles. The molecule has 1 aliphatic rings. The zero-order valence-electron chi connectivity index (χ0n) is 12.9. The molecule has 1 aromatic heterocycles. The van der Waals surface area contributed by atoms with E-state index in [2.05, 4.69) is 10.0 Å². The summed E-state index contributed by atoms with van der Waals surface area (Å²) in [6.45, 7) is 3.49. The van der Waals surface area contributed by atoms with Crippen LogP contribution in [0, 0.1) is 0 Å². The molecule has 1 unspecified atom stereocenters. The van der Waals surface area contributed by atoms with Gasteiger partial charge in [-0.25, -0.2) is 13.1 Å². The van der Waals surface area contributed by atoms with Crippen LogP contribution in [0.2, 0.25) is 0 Å². The van der Waals surface area contributed by atoms with Crippen molar-refractivity contribution in [2.24, 2.45) is 0 Å². The SMILES string of the molecule is CC(CN(C)C)NS(=O)(=O)c1ccc(CCNC2CC2)s1. The second kappa shape index (κ2) is 7.19. The maximum atomic E-state index is 12.3. The Morgan fingerprint density at radius 1 is 1.38 bits per heavy atom. The Morgan fingerprint density at radius 2 is 2.10 bits per heavy atom. The summed E-state index contributed by atoms with van der Waals surface area (Å²) in [6.07, 6.45) is 3.44. The molecule has 0 amide bonds. The molecule has 0 spiro atoms. The zero-order chi connectivity index (χ0) is 15.5. The second-order valence-electron chi connectivity index (χ2n) is 5.98. The van der Waals surface area contributed by atoms with Crippen LogP contribution < -0.4 is 10.0 Å². The van der Waals surface area contributed by atoms with Crippen LogP contribution in [0.25, 0.3) is 0 Å². The predicted octanol–water partition coefficient (Wildman–Crippen LogP) is 1.27. The van der Waals surface area contributed by atoms with Gasteiger partial charge in [-0.3, -0.25) is 0 Å². The maximum absolute atomic E-state index is 12.3. The van der Waals surface area contributed by atoms with Crippen molar-refractivity contribution in [2.45, 2.75) is 42.5 Å². The molecule has 21 heavy (non-hydrogen) atoms. The predicted molar refractivity (Wildman–Crippen MR) is 87.4 cm³/mol. The van der Waals surface area contributed by atoms with E-state index in [0.717, 1.165) is 17.8 Å². The molecule has 7 heteroatoms. The van der Waals surface area contributed by atoms with Crippen LogP contribution in [-0.2, 0) is 16.4 Å². The van der Waals surface area contributed by atoms with Gasteiger partial charge in [0.25, 0.3) is 0 Å². The van der Waals surface area contributed by atoms with Gasteiger partial charge in [-0.15, -0.1) is 11.3 Å². The quantitative estimate of drug-likeness (QED) is 0.715. The lowest BCUT2D eigenvalue weighted by Crippen LogP contribution is -2.39. The van der Waals surface area contributed by atoms with E-state index in [9.17, 15) is 8.42 Å². The molecule has 2 N–H and O–H groups in total. The van der Waals surface area contributed by atoms with Gasteiger partial charge in [0.2, 0.25) is 10.0 Å². The Labute approximate surface area is 131 Å². The number of likely N-dealkylation sites (N-methyl/N-ethyl adjacent to an activating group) is 1. The summed E-state index contributed by atoms with van der Waals surface area (Å²) in [5.74, 6) is 0. The number of nitrogens with zero attached hydrogens (tertiary/aromatic N) is 1. The number of sulfonamides is 1. The molecule has 0 saturated heterocycles. The van der Waals surface area contributed by atoms with Gasteiger partial charge in [-0.2, -0.15) is 0 Å². The monoisotopic (exact) mass is 331 g/mol. The molecule has 5 nitrogen and oxygen atoms in total. The van der Waals surface area contributed by atoms with Crippen molar-refractivity contribution < 1.29 is 8.42 Å². The minimum atomic E-state index is -3.39. The molecular formula is C14H25N3O2S2. The van der Waals surface area contributed by atoms with E-state index in [1.54, 1.807) is 6.07 Å². The van der Waals surface area contributed by atoms with Gasteiger partial charge in [0.1, 0.15) is 4.21 Å². The van der Waals surface area contributed by atoms with Gasteiger partial charge in [-0.1, -0.05) is 0 Å². The minimum Gasteiger partial charge on any atom is -0.314 e. The highest BCUT2D eigenvalue weighted by Gasteiger charge is 2.21. The molecule has 1 saturated carbocycles. The highest BCUT2D eigenvalue weighted by molar-refractivity contribution is 7.91. The maximum Gasteiger partial charge on any atom is 0.250 e. The Hall–Kier alpha value is -0.470. The largest absolute Gasteiger partial charge is 0.314 e. The van der Waals surface area contributed by atoms with Crippen molar-refractivity contribution in [3.63, 3.8) is 0 Å². The number of hydrogen-bond donors (Lipinski definition) is 2. The van der Waals surface area contributed by atoms with Crippen molar-refractivity contribution in [2.75, 3.05) is 27.2 Å². The molecule has 2 rings (SSSR count). The lowest BCUT2D eigenvalue weighted by molar-refractivity contribution is 0.370. The standard InChI is InChI=1S/C14H25N3O2S2/c1-11(10-17(2)3)16-21(18,19)14-7-6-13(20-14)8-9-15-12-4-5-12/h6-7,11-12,15-16H,4-5,8-10H2,1-3H3. The summed E-state index contributed by atoms with van der Waals surface area (Å²) >= 11 is 1.37. The van der Waals surface area contributed by atoms with Crippen molar-refractivity contribution in [1.82, 2.24) is 14.9 Å². The zero-order valence-corrected chi connectivity index (χ0v) is 14.6. The molecule has 0 bridgehead atoms. The third-order valence-electron chi connectivity index (χ3n) is 3.28. The van der Waals surface area contributed by atoms with E-state index in [0.29, 0.717) is 16.8 Å². The van der Waals surface area contributed by atoms with Crippen LogP contribution in [0.15, 0.2) is 16.3 Å². The van der Waals surface area contributed by atoms with Crippen molar-refractivity contribution >= 4 is 21.4 Å². The highest BCUT2D eigenvalue weighted by atomic mass is 32.2. The Kier molecular flexibility index (Phi) is 5.79. The van der Waals surface area contributed by atoms with E-state index >= 15 is 0 Å². The molecule has 0 aliphatic heterocycles. The summed E-state index contributed by atoms with van der Waals surface area (Å²) in [5.41, 5.74) is 0. The number of rotatable bonds is 9. The Bertz CT molecular complexity index is 550. The third kappa shape index (κ3) is 5.67. The Morgan fingerprint density at radius 3 is 2.71 bits per heavy atom. The lowest BCUT2D eigenvalue weighted by Gasteiger charge is -2.17. The average Bonchev–Trinajstić information content (AvgIpc) is 3.03. The first kappa shape index (κ1) is 16.9. The van der Waals surface area contributed by atoms with Gasteiger partial charge < -0.3 is 10.2 Å². The van der Waals surface area contributed by atoms with E-state index < -0.39 is 10.0 Å². The Balaban J connectivity index is 1.88. The molecule has 1 aromatic rings. The van der Waals surface area contributed by atoms with Crippen LogP contribution in [0.1, 0.15) is 24.6 Å². The van der Waals surface area contributed by atoms with Crippen LogP contribution in [0.5, 0.6) is 0 Å². The molecule has 0 aromatic carbocycles. The number of thiophene rings is 1. The fourth-order valence-electron chi connectivity index (χ4n) is 2.23. The molecule has 1 aliphatic carbocycles. The van der Waals surface area contributed by atoms with Gasteiger partial charge in [0.05, 0.1) is 0 Å². The first-order valence-electron chi connectivity index (χ1n) is 7.36. The van der Waals surface area contributed by atoms with Gasteiger partial charge >= 0.3 is 0 Å². The first-order valence-corrected chi connectivity index (χ1v) is 9.66. The van der Waals surface area contributed by atoms with Crippen LogP contribution in [0.4, 0.5) is 0 Å². The lowest BCUT2D eigenvalue weighted by atomic mass is 10.3. The summed E-state index contributed by atoms with van der Waals surface area (Å²) in [6, 6.07) is 4.22. The summed E-state index contributed by atoms with van der Waals surface area (Å²) in [7, 11) is 0.471. The normalized spacial score (nSPS) is 17.3. The first-order chi connectivity index (χ1) is 9.87. The van der Waals surface area contributed by atoms with Crippen molar-refractivity contribution in [3.8, 4) is 0 Å². The van der Waals surface area contributed by atoms with Gasteiger partial charge in [0.15, 0.2) is 0 Å². The van der Waals surface area contributed by atoms with Crippen LogP contribution in [-0.4, -0.2) is 52.6 Å². The summed E-state index contributed by atoms with van der Waals surface area (Å²) < 4.78 is 27.7. The molecular weight excluding hydrogens is 306 g/mol. The molecule has 120 valence electrons. The van der Waals surface area contributed by atoms with Crippen molar-refractivity contribution in [1.29, 1.82) is 0 Å². The topological polar surface area (TPSA) is 61.4 Å².